The van der Waals surface area contributed by atoms with Crippen molar-refractivity contribution in [2.24, 2.45) is 5.16 Å². The molecule has 0 radical (unpaired) electrons. The van der Waals surface area contributed by atoms with Gasteiger partial charge in [0, 0.05) is 7.11 Å². The van der Waals surface area contributed by atoms with Crippen LogP contribution in [0.15, 0.2) is 5.16 Å². The fourth-order valence-electron chi connectivity index (χ4n) is 2.19. The van der Waals surface area contributed by atoms with Crippen molar-refractivity contribution in [3.05, 3.63) is 0 Å². The van der Waals surface area contributed by atoms with Crippen LogP contribution in [-0.4, -0.2) is 70.3 Å². The largest absolute Gasteiger partial charge is 0.415 e. The molecule has 0 bridgehead atoms. The number of oxime groups is 1. The lowest BCUT2D eigenvalue weighted by atomic mass is 10.1. The smallest absolute Gasteiger partial charge is 0.184 e. The zero-order valence-corrected chi connectivity index (χ0v) is 21.0. The van der Waals surface area contributed by atoms with Crippen LogP contribution >= 0.6 is 0 Å². The Labute approximate surface area is 157 Å². The summed E-state index contributed by atoms with van der Waals surface area (Å²) >= 11 is 0. The van der Waals surface area contributed by atoms with Crippen molar-refractivity contribution in [1.82, 2.24) is 0 Å². The number of methoxy groups -OCH3 is 1. The highest BCUT2D eigenvalue weighted by Crippen LogP contribution is 2.20. The highest BCUT2D eigenvalue weighted by Gasteiger charge is 2.37. The predicted molar refractivity (Wildman–Crippen MR) is 112 cm³/mol. The number of nitrogens with zero attached hydrogens (tertiary/aromatic N) is 1. The Morgan fingerprint density at radius 2 is 1.32 bits per heavy atom. The molecule has 0 fully saturated rings. The Bertz CT molecular complexity index is 402. The summed E-state index contributed by atoms with van der Waals surface area (Å²) in [6.45, 7) is 19.9. The van der Waals surface area contributed by atoms with Gasteiger partial charge in [0.1, 0.15) is 19.3 Å². The summed E-state index contributed by atoms with van der Waals surface area (Å²) in [5.41, 5.74) is 0. The molecule has 25 heavy (non-hydrogen) atoms. The zero-order chi connectivity index (χ0) is 19.9. The van der Waals surface area contributed by atoms with Crippen LogP contribution in [0.4, 0.5) is 0 Å². The average Bonchev–Trinajstić information content (AvgIpc) is 2.38. The Morgan fingerprint density at radius 3 is 1.68 bits per heavy atom. The maximum atomic E-state index is 6.41. The molecule has 0 saturated heterocycles. The Kier molecular flexibility index (Phi) is 10.3. The standard InChI is InChI=1S/C16H39NO5Si3/c1-18-16(14(12-17-19-2)21-24(6,7)8)15(22-25(9,10)11)13-20-23(3,4)5/h12,14-16H,13H2,1-11H3/b17-12+. The van der Waals surface area contributed by atoms with Gasteiger partial charge in [-0.25, -0.2) is 0 Å². The van der Waals surface area contributed by atoms with Gasteiger partial charge in [-0.15, -0.1) is 0 Å². The summed E-state index contributed by atoms with van der Waals surface area (Å²) in [5, 5.41) is 3.93. The van der Waals surface area contributed by atoms with E-state index in [1.54, 1.807) is 13.3 Å². The molecule has 150 valence electrons. The van der Waals surface area contributed by atoms with Crippen LogP contribution in [0.25, 0.3) is 0 Å². The predicted octanol–water partition coefficient (Wildman–Crippen LogP) is 3.93. The summed E-state index contributed by atoms with van der Waals surface area (Å²) in [5.74, 6) is 0. The second-order valence-electron chi connectivity index (χ2n) is 9.02. The van der Waals surface area contributed by atoms with Crippen LogP contribution in [0, 0.1) is 0 Å². The van der Waals surface area contributed by atoms with Crippen molar-refractivity contribution in [1.29, 1.82) is 0 Å². The maximum absolute atomic E-state index is 6.41. The van der Waals surface area contributed by atoms with Crippen LogP contribution in [0.3, 0.4) is 0 Å². The molecule has 3 unspecified atom stereocenters. The third-order valence-corrected chi connectivity index (χ3v) is 5.97. The first kappa shape index (κ1) is 25.0. The van der Waals surface area contributed by atoms with E-state index in [0.29, 0.717) is 6.61 Å². The van der Waals surface area contributed by atoms with E-state index in [1.807, 2.05) is 0 Å². The summed E-state index contributed by atoms with van der Waals surface area (Å²) < 4.78 is 24.7. The summed E-state index contributed by atoms with van der Waals surface area (Å²) in [7, 11) is -2.08. The lowest BCUT2D eigenvalue weighted by Crippen LogP contribution is -2.52. The Morgan fingerprint density at radius 1 is 0.800 bits per heavy atom. The van der Waals surface area contributed by atoms with E-state index in [4.69, 9.17) is 22.9 Å². The summed E-state index contributed by atoms with van der Waals surface area (Å²) in [6.07, 6.45) is 0.798. The van der Waals surface area contributed by atoms with E-state index in [0.717, 1.165) is 0 Å². The molecule has 0 N–H and O–H groups in total. The number of hydrogen-bond donors (Lipinski definition) is 0. The quantitative estimate of drug-likeness (QED) is 0.278. The molecule has 6 nitrogen and oxygen atoms in total. The van der Waals surface area contributed by atoms with Gasteiger partial charge in [0.05, 0.1) is 18.9 Å². The summed E-state index contributed by atoms with van der Waals surface area (Å²) in [6, 6.07) is 0. The van der Waals surface area contributed by atoms with Crippen molar-refractivity contribution < 1.29 is 22.9 Å². The van der Waals surface area contributed by atoms with Gasteiger partial charge < -0.3 is 22.9 Å². The van der Waals surface area contributed by atoms with Crippen molar-refractivity contribution >= 4 is 31.2 Å². The van der Waals surface area contributed by atoms with Gasteiger partial charge in [-0.1, -0.05) is 5.16 Å². The number of rotatable bonds is 12. The topological polar surface area (TPSA) is 58.5 Å². The van der Waals surface area contributed by atoms with Gasteiger partial charge in [0.25, 0.3) is 0 Å². The summed E-state index contributed by atoms with van der Waals surface area (Å²) in [4.78, 5) is 4.87. The van der Waals surface area contributed by atoms with Crippen LogP contribution in [0.1, 0.15) is 0 Å². The van der Waals surface area contributed by atoms with Gasteiger partial charge in [-0.3, -0.25) is 0 Å². The first-order valence-corrected chi connectivity index (χ1v) is 19.0. The molecular formula is C16H39NO5Si3. The third-order valence-electron chi connectivity index (χ3n) is 2.95. The van der Waals surface area contributed by atoms with E-state index in [9.17, 15) is 0 Å². The minimum absolute atomic E-state index is 0.215. The highest BCUT2D eigenvalue weighted by molar-refractivity contribution is 6.70. The van der Waals surface area contributed by atoms with Gasteiger partial charge >= 0.3 is 0 Å². The lowest BCUT2D eigenvalue weighted by molar-refractivity contribution is -0.0612. The van der Waals surface area contributed by atoms with E-state index < -0.39 is 25.0 Å². The van der Waals surface area contributed by atoms with Gasteiger partial charge in [0.2, 0.25) is 0 Å². The molecule has 0 saturated carbocycles. The molecule has 9 heteroatoms. The van der Waals surface area contributed by atoms with Crippen LogP contribution in [0.2, 0.25) is 58.9 Å². The Hall–Kier alpha value is -0.0394. The molecule has 0 aromatic carbocycles. The minimum atomic E-state index is -1.82. The first-order valence-electron chi connectivity index (χ1n) is 8.77. The molecule has 3 atom stereocenters. The molecule has 0 heterocycles. The first-order chi connectivity index (χ1) is 11.2. The van der Waals surface area contributed by atoms with E-state index in [2.05, 4.69) is 64.1 Å². The van der Waals surface area contributed by atoms with Crippen molar-refractivity contribution in [2.75, 3.05) is 20.8 Å². The monoisotopic (exact) mass is 409 g/mol. The molecular weight excluding hydrogens is 370 g/mol. The number of ether oxygens (including phenoxy) is 1. The zero-order valence-electron chi connectivity index (χ0n) is 18.0. The fraction of sp³-hybridized carbons (Fsp3) is 0.938. The molecule has 0 amide bonds. The van der Waals surface area contributed by atoms with E-state index in [1.165, 1.54) is 7.11 Å². The van der Waals surface area contributed by atoms with Crippen molar-refractivity contribution in [2.45, 2.75) is 77.2 Å². The maximum Gasteiger partial charge on any atom is 0.184 e. The minimum Gasteiger partial charge on any atom is -0.415 e. The lowest BCUT2D eigenvalue weighted by Gasteiger charge is -2.37. The average molecular weight is 410 g/mol. The van der Waals surface area contributed by atoms with E-state index in [-0.39, 0.29) is 18.3 Å². The Balaban J connectivity index is 5.53. The van der Waals surface area contributed by atoms with Crippen LogP contribution < -0.4 is 0 Å². The van der Waals surface area contributed by atoms with Crippen molar-refractivity contribution in [3.63, 3.8) is 0 Å². The molecule has 0 rings (SSSR count). The second kappa shape index (κ2) is 10.3. The molecule has 0 aromatic heterocycles. The van der Waals surface area contributed by atoms with E-state index >= 15 is 0 Å². The second-order valence-corrected chi connectivity index (χ2v) is 22.5. The van der Waals surface area contributed by atoms with Gasteiger partial charge in [0.15, 0.2) is 25.0 Å². The molecule has 0 aliphatic carbocycles. The van der Waals surface area contributed by atoms with Crippen LogP contribution in [0.5, 0.6) is 0 Å². The molecule has 0 aromatic rings. The fourth-order valence-corrected chi connectivity index (χ4v) is 4.98. The molecule has 0 aliphatic heterocycles. The van der Waals surface area contributed by atoms with Crippen LogP contribution in [-0.2, 0) is 22.9 Å². The van der Waals surface area contributed by atoms with Crippen molar-refractivity contribution in [3.8, 4) is 0 Å². The molecule has 0 spiro atoms. The van der Waals surface area contributed by atoms with Gasteiger partial charge in [-0.2, -0.15) is 0 Å². The highest BCUT2D eigenvalue weighted by atomic mass is 28.4. The third kappa shape index (κ3) is 12.9. The van der Waals surface area contributed by atoms with Gasteiger partial charge in [-0.05, 0) is 58.9 Å². The number of hydrogen-bond acceptors (Lipinski definition) is 6. The normalized spacial score (nSPS) is 17.6. The SMILES string of the molecule is CO/N=C/C(O[Si](C)(C)C)C(OC)C(CO[Si](C)(C)C)O[Si](C)(C)C. The molecule has 0 aliphatic rings.